The minimum Gasteiger partial charge on any atom is -0.490 e. The van der Waals surface area contributed by atoms with Gasteiger partial charge in [-0.2, -0.15) is 11.8 Å². The van der Waals surface area contributed by atoms with E-state index in [4.69, 9.17) is 9.47 Å². The van der Waals surface area contributed by atoms with E-state index in [9.17, 15) is 0 Å². The van der Waals surface area contributed by atoms with Crippen LogP contribution in [0.2, 0.25) is 0 Å². The third kappa shape index (κ3) is 5.70. The van der Waals surface area contributed by atoms with Crippen LogP contribution in [-0.2, 0) is 6.42 Å². The third-order valence-corrected chi connectivity index (χ3v) is 6.78. The van der Waals surface area contributed by atoms with Crippen molar-refractivity contribution in [2.75, 3.05) is 18.6 Å². The molecular formula is C25H33NO2S. The fourth-order valence-corrected chi connectivity index (χ4v) is 4.87. The number of benzene rings is 2. The van der Waals surface area contributed by atoms with Crippen molar-refractivity contribution in [3.8, 4) is 11.5 Å². The molecule has 2 aromatic rings. The van der Waals surface area contributed by atoms with Gasteiger partial charge in [0.1, 0.15) is 17.6 Å². The van der Waals surface area contributed by atoms with Crippen LogP contribution < -0.4 is 14.8 Å². The van der Waals surface area contributed by atoms with Crippen LogP contribution in [0.5, 0.6) is 11.5 Å². The van der Waals surface area contributed by atoms with E-state index in [-0.39, 0.29) is 6.10 Å². The van der Waals surface area contributed by atoms with E-state index in [1.54, 1.807) is 0 Å². The Kier molecular flexibility index (Phi) is 7.39. The normalized spacial score (nSPS) is 23.8. The average Bonchev–Trinajstić information content (AvgIpc) is 2.78. The average molecular weight is 412 g/mol. The zero-order valence-corrected chi connectivity index (χ0v) is 18.3. The van der Waals surface area contributed by atoms with Crippen molar-refractivity contribution in [3.63, 3.8) is 0 Å². The van der Waals surface area contributed by atoms with Gasteiger partial charge in [0.2, 0.25) is 0 Å². The lowest BCUT2D eigenvalue weighted by atomic mass is 9.92. The van der Waals surface area contributed by atoms with Crippen LogP contribution in [0, 0.1) is 0 Å². The van der Waals surface area contributed by atoms with Gasteiger partial charge in [-0.05, 0) is 92.8 Å². The molecule has 4 heteroatoms. The van der Waals surface area contributed by atoms with Crippen LogP contribution in [-0.4, -0.2) is 30.7 Å². The molecule has 156 valence electrons. The SMILES string of the molecule is CSCCCNC1CCC(Oc2ccc3c(c2)CCC(c2ccccc2)O3)CC1. The molecule has 0 saturated heterocycles. The summed E-state index contributed by atoms with van der Waals surface area (Å²) in [6, 6.07) is 17.6. The molecule has 1 heterocycles. The number of nitrogens with one attached hydrogen (secondary N) is 1. The minimum atomic E-state index is 0.161. The maximum atomic E-state index is 6.34. The summed E-state index contributed by atoms with van der Waals surface area (Å²) in [6.07, 6.45) is 10.7. The number of hydrogen-bond donors (Lipinski definition) is 1. The van der Waals surface area contributed by atoms with E-state index in [0.29, 0.717) is 12.1 Å². The lowest BCUT2D eigenvalue weighted by Crippen LogP contribution is -2.36. The summed E-state index contributed by atoms with van der Waals surface area (Å²) in [5.41, 5.74) is 2.54. The zero-order chi connectivity index (χ0) is 19.9. The summed E-state index contributed by atoms with van der Waals surface area (Å²) in [5, 5.41) is 3.71. The molecule has 1 N–H and O–H groups in total. The van der Waals surface area contributed by atoms with Crippen LogP contribution >= 0.6 is 11.8 Å². The fraction of sp³-hybridized carbons (Fsp3) is 0.520. The largest absolute Gasteiger partial charge is 0.490 e. The van der Waals surface area contributed by atoms with Gasteiger partial charge in [-0.15, -0.1) is 0 Å². The molecule has 0 amide bonds. The summed E-state index contributed by atoms with van der Waals surface area (Å²) in [5.74, 6) is 3.26. The Morgan fingerprint density at radius 2 is 1.86 bits per heavy atom. The number of rotatable bonds is 8. The van der Waals surface area contributed by atoms with Crippen molar-refractivity contribution in [1.29, 1.82) is 0 Å². The molecule has 1 atom stereocenters. The molecule has 0 bridgehead atoms. The van der Waals surface area contributed by atoms with E-state index in [1.165, 1.54) is 36.1 Å². The van der Waals surface area contributed by atoms with Crippen molar-refractivity contribution in [3.05, 3.63) is 59.7 Å². The molecule has 0 radical (unpaired) electrons. The molecule has 3 nitrogen and oxygen atoms in total. The van der Waals surface area contributed by atoms with Gasteiger partial charge in [0.25, 0.3) is 0 Å². The van der Waals surface area contributed by atoms with Crippen LogP contribution in [0.25, 0.3) is 0 Å². The van der Waals surface area contributed by atoms with Crippen molar-refractivity contribution in [1.82, 2.24) is 5.32 Å². The van der Waals surface area contributed by atoms with Crippen molar-refractivity contribution < 1.29 is 9.47 Å². The minimum absolute atomic E-state index is 0.161. The molecule has 1 saturated carbocycles. The first-order chi connectivity index (χ1) is 14.3. The molecule has 4 rings (SSSR count). The Hall–Kier alpha value is -1.65. The number of hydrogen-bond acceptors (Lipinski definition) is 4. The molecule has 0 aromatic heterocycles. The van der Waals surface area contributed by atoms with Crippen molar-refractivity contribution >= 4 is 11.8 Å². The number of ether oxygens (including phenoxy) is 2. The summed E-state index contributed by atoms with van der Waals surface area (Å²) in [4.78, 5) is 0. The van der Waals surface area contributed by atoms with Crippen molar-refractivity contribution in [2.24, 2.45) is 0 Å². The first-order valence-corrected chi connectivity index (χ1v) is 12.4. The molecule has 1 fully saturated rings. The van der Waals surface area contributed by atoms with E-state index in [2.05, 4.69) is 60.1 Å². The maximum Gasteiger partial charge on any atom is 0.124 e. The number of aryl methyl sites for hydroxylation is 1. The molecule has 1 unspecified atom stereocenters. The van der Waals surface area contributed by atoms with E-state index >= 15 is 0 Å². The van der Waals surface area contributed by atoms with Gasteiger partial charge in [-0.3, -0.25) is 0 Å². The van der Waals surface area contributed by atoms with Gasteiger partial charge in [0.15, 0.2) is 0 Å². The highest BCUT2D eigenvalue weighted by atomic mass is 32.2. The van der Waals surface area contributed by atoms with E-state index < -0.39 is 0 Å². The van der Waals surface area contributed by atoms with E-state index in [0.717, 1.165) is 43.7 Å². The lowest BCUT2D eigenvalue weighted by molar-refractivity contribution is 0.138. The Morgan fingerprint density at radius 1 is 1.03 bits per heavy atom. The lowest BCUT2D eigenvalue weighted by Gasteiger charge is -2.30. The highest BCUT2D eigenvalue weighted by Gasteiger charge is 2.24. The maximum absolute atomic E-state index is 6.34. The second-order valence-electron chi connectivity index (χ2n) is 8.22. The monoisotopic (exact) mass is 411 g/mol. The quantitative estimate of drug-likeness (QED) is 0.557. The Balaban J connectivity index is 1.26. The second-order valence-corrected chi connectivity index (χ2v) is 9.20. The van der Waals surface area contributed by atoms with Crippen LogP contribution in [0.4, 0.5) is 0 Å². The standard InChI is InChI=1S/C25H33NO2S/c1-29-17-5-16-26-21-9-11-22(12-10-21)27-23-13-15-25-20(18-23)8-14-24(28-25)19-6-3-2-4-7-19/h2-4,6-7,13,15,18,21-22,24,26H,5,8-12,14,16-17H2,1H3. The first-order valence-electron chi connectivity index (χ1n) is 11.1. The van der Waals surface area contributed by atoms with Gasteiger partial charge in [0.05, 0.1) is 6.10 Å². The highest BCUT2D eigenvalue weighted by Crippen LogP contribution is 2.37. The predicted octanol–water partition coefficient (Wildman–Crippen LogP) is 5.79. The fourth-order valence-electron chi connectivity index (χ4n) is 4.44. The first kappa shape index (κ1) is 20.6. The Bertz CT molecular complexity index is 759. The van der Waals surface area contributed by atoms with Gasteiger partial charge in [-0.25, -0.2) is 0 Å². The summed E-state index contributed by atoms with van der Waals surface area (Å²) in [6.45, 7) is 1.14. The Labute approximate surface area is 179 Å². The van der Waals surface area contributed by atoms with Gasteiger partial charge >= 0.3 is 0 Å². The number of fused-ring (bicyclic) bond motifs is 1. The molecule has 2 aromatic carbocycles. The van der Waals surface area contributed by atoms with Crippen LogP contribution in [0.15, 0.2) is 48.5 Å². The van der Waals surface area contributed by atoms with Gasteiger partial charge < -0.3 is 14.8 Å². The highest BCUT2D eigenvalue weighted by molar-refractivity contribution is 7.98. The van der Waals surface area contributed by atoms with Gasteiger partial charge in [0, 0.05) is 6.04 Å². The molecular weight excluding hydrogens is 378 g/mol. The van der Waals surface area contributed by atoms with E-state index in [1.807, 2.05) is 11.8 Å². The zero-order valence-electron chi connectivity index (χ0n) is 17.4. The molecule has 1 aliphatic carbocycles. The molecule has 0 spiro atoms. The Morgan fingerprint density at radius 3 is 2.66 bits per heavy atom. The molecule has 2 aliphatic rings. The molecule has 29 heavy (non-hydrogen) atoms. The number of thioether (sulfide) groups is 1. The summed E-state index contributed by atoms with van der Waals surface area (Å²) in [7, 11) is 0. The third-order valence-electron chi connectivity index (χ3n) is 6.08. The second kappa shape index (κ2) is 10.4. The van der Waals surface area contributed by atoms with Gasteiger partial charge in [-0.1, -0.05) is 30.3 Å². The van der Waals surface area contributed by atoms with Crippen LogP contribution in [0.3, 0.4) is 0 Å². The summed E-state index contributed by atoms with van der Waals surface area (Å²) >= 11 is 1.93. The smallest absolute Gasteiger partial charge is 0.124 e. The van der Waals surface area contributed by atoms with Crippen molar-refractivity contribution in [2.45, 2.75) is 63.2 Å². The predicted molar refractivity (Wildman–Crippen MR) is 122 cm³/mol. The van der Waals surface area contributed by atoms with Crippen LogP contribution in [0.1, 0.15) is 55.8 Å². The molecule has 1 aliphatic heterocycles. The topological polar surface area (TPSA) is 30.5 Å². The summed E-state index contributed by atoms with van der Waals surface area (Å²) < 4.78 is 12.6.